The van der Waals surface area contributed by atoms with Gasteiger partial charge in [0.05, 0.1) is 11.7 Å². The maximum atomic E-state index is 4.99. The minimum absolute atomic E-state index is 0.417. The van der Waals surface area contributed by atoms with E-state index in [0.29, 0.717) is 11.7 Å². The lowest BCUT2D eigenvalue weighted by molar-refractivity contribution is 0.236. The first-order valence-electron chi connectivity index (χ1n) is 1.99. The van der Waals surface area contributed by atoms with Gasteiger partial charge in [-0.2, -0.15) is 0 Å². The second-order valence-corrected chi connectivity index (χ2v) is 2.12. The molecule has 28 valence electrons. The third kappa shape index (κ3) is 0.106. The van der Waals surface area contributed by atoms with Crippen molar-refractivity contribution < 1.29 is 4.74 Å². The third-order valence-electron chi connectivity index (χ3n) is 1.47. The van der Waals surface area contributed by atoms with Crippen LogP contribution in [0.4, 0.5) is 0 Å². The van der Waals surface area contributed by atoms with Gasteiger partial charge in [0.15, 0.2) is 0 Å². The van der Waals surface area contributed by atoms with Crippen LogP contribution in [-0.4, -0.2) is 11.7 Å². The Balaban J connectivity index is 2.37. The zero-order valence-corrected chi connectivity index (χ0v) is 3.19. The molecule has 0 aromatic heterocycles. The molecule has 0 bridgehead atoms. The van der Waals surface area contributed by atoms with Crippen LogP contribution in [0.1, 0.15) is 13.3 Å². The zero-order chi connectivity index (χ0) is 3.49. The average molecular weight is 70.1 g/mol. The molecule has 1 saturated carbocycles. The molecule has 0 spiro atoms. The summed E-state index contributed by atoms with van der Waals surface area (Å²) in [5.74, 6) is 0. The summed E-state index contributed by atoms with van der Waals surface area (Å²) >= 11 is 0. The van der Waals surface area contributed by atoms with Gasteiger partial charge in [-0.1, -0.05) is 0 Å². The summed E-state index contributed by atoms with van der Waals surface area (Å²) in [4.78, 5) is 0. The predicted octanol–water partition coefficient (Wildman–Crippen LogP) is 0.548. The highest BCUT2D eigenvalue weighted by Crippen LogP contribution is 2.59. The average Bonchev–Trinajstić information content (AvgIpc) is 1.74. The number of hydrogen-bond acceptors (Lipinski definition) is 1. The number of fused-ring (bicyclic) bond motifs is 1. The lowest BCUT2D eigenvalue weighted by atomic mass is 10.5. The molecule has 0 radical (unpaired) electrons. The zero-order valence-electron chi connectivity index (χ0n) is 3.19. The number of hydrogen-bond donors (Lipinski definition) is 0. The highest BCUT2D eigenvalue weighted by atomic mass is 16.6. The normalized spacial score (nSPS) is 70.2. The van der Waals surface area contributed by atoms with Crippen molar-refractivity contribution in [1.82, 2.24) is 0 Å². The van der Waals surface area contributed by atoms with Gasteiger partial charge in [0, 0.05) is 6.42 Å². The van der Waals surface area contributed by atoms with Gasteiger partial charge in [-0.3, -0.25) is 0 Å². The van der Waals surface area contributed by atoms with Crippen LogP contribution in [0.3, 0.4) is 0 Å². The van der Waals surface area contributed by atoms with Crippen molar-refractivity contribution >= 4 is 0 Å². The molecule has 0 aromatic carbocycles. The third-order valence-corrected chi connectivity index (χ3v) is 1.47. The highest BCUT2D eigenvalue weighted by Gasteiger charge is 2.69. The molecule has 1 aliphatic carbocycles. The maximum Gasteiger partial charge on any atom is 0.0947 e. The summed E-state index contributed by atoms with van der Waals surface area (Å²) in [7, 11) is 0. The Bertz CT molecular complexity index is 71.7. The lowest BCUT2D eigenvalue weighted by Crippen LogP contribution is -1.81. The summed E-state index contributed by atoms with van der Waals surface area (Å²) in [5, 5.41) is 0. The number of epoxide rings is 1. The topological polar surface area (TPSA) is 12.5 Å². The molecule has 1 saturated heterocycles. The molecule has 0 aromatic rings. The highest BCUT2D eigenvalue weighted by molar-refractivity contribution is 5.17. The van der Waals surface area contributed by atoms with E-state index in [0.717, 1.165) is 0 Å². The second kappa shape index (κ2) is 0.289. The van der Waals surface area contributed by atoms with Crippen molar-refractivity contribution in [2.24, 2.45) is 0 Å². The van der Waals surface area contributed by atoms with Gasteiger partial charge >= 0.3 is 0 Å². The van der Waals surface area contributed by atoms with E-state index in [1.165, 1.54) is 6.42 Å². The Hall–Kier alpha value is -0.0400. The molecule has 0 amide bonds. The van der Waals surface area contributed by atoms with Crippen LogP contribution in [0.5, 0.6) is 0 Å². The van der Waals surface area contributed by atoms with Crippen molar-refractivity contribution in [2.75, 3.05) is 0 Å². The molecular formula is C4H6O. The van der Waals surface area contributed by atoms with Crippen LogP contribution in [0, 0.1) is 0 Å². The van der Waals surface area contributed by atoms with Gasteiger partial charge in [0.2, 0.25) is 0 Å². The van der Waals surface area contributed by atoms with Crippen LogP contribution >= 0.6 is 0 Å². The minimum Gasteiger partial charge on any atom is -0.366 e. The van der Waals surface area contributed by atoms with E-state index >= 15 is 0 Å². The molecular weight excluding hydrogens is 64.0 g/mol. The van der Waals surface area contributed by atoms with Gasteiger partial charge in [-0.15, -0.1) is 0 Å². The van der Waals surface area contributed by atoms with Crippen molar-refractivity contribution in [2.45, 2.75) is 25.0 Å². The second-order valence-electron chi connectivity index (χ2n) is 2.12. The quantitative estimate of drug-likeness (QED) is 0.379. The largest absolute Gasteiger partial charge is 0.366 e. The van der Waals surface area contributed by atoms with Crippen molar-refractivity contribution in [3.8, 4) is 0 Å². The van der Waals surface area contributed by atoms with Gasteiger partial charge in [0.1, 0.15) is 0 Å². The molecule has 5 heavy (non-hydrogen) atoms. The van der Waals surface area contributed by atoms with E-state index in [1.54, 1.807) is 0 Å². The minimum atomic E-state index is 0.417. The van der Waals surface area contributed by atoms with Crippen molar-refractivity contribution in [1.29, 1.82) is 0 Å². The van der Waals surface area contributed by atoms with Crippen LogP contribution in [0.15, 0.2) is 0 Å². The summed E-state index contributed by atoms with van der Waals surface area (Å²) in [6, 6.07) is 0. The first-order chi connectivity index (χ1) is 2.31. The fourth-order valence-corrected chi connectivity index (χ4v) is 0.591. The van der Waals surface area contributed by atoms with Crippen LogP contribution in [-0.2, 0) is 4.74 Å². The predicted molar refractivity (Wildman–Crippen MR) is 17.9 cm³/mol. The van der Waals surface area contributed by atoms with E-state index in [-0.39, 0.29) is 0 Å². The van der Waals surface area contributed by atoms with E-state index < -0.39 is 0 Å². The molecule has 1 unspecified atom stereocenters. The summed E-state index contributed by atoms with van der Waals surface area (Å²) in [6.07, 6.45) is 2.02. The fourth-order valence-electron chi connectivity index (χ4n) is 0.591. The summed E-state index contributed by atoms with van der Waals surface area (Å²) in [6.45, 7) is 2.15. The first-order valence-corrected chi connectivity index (χ1v) is 1.99. The molecule has 2 rings (SSSR count). The molecule has 1 aliphatic heterocycles. The molecule has 1 nitrogen and oxygen atoms in total. The van der Waals surface area contributed by atoms with E-state index in [2.05, 4.69) is 6.92 Å². The Morgan fingerprint density at radius 3 is 2.20 bits per heavy atom. The number of rotatable bonds is 0. The Kier molecular flexibility index (Phi) is 0.126. The van der Waals surface area contributed by atoms with Gasteiger partial charge in [0.25, 0.3) is 0 Å². The molecule has 1 heterocycles. The SMILES string of the molecule is CC12C[C@@H]1O2. The molecule has 0 N–H and O–H groups in total. The molecule has 2 aliphatic rings. The van der Waals surface area contributed by atoms with Crippen LogP contribution in [0.2, 0.25) is 0 Å². The first kappa shape index (κ1) is 2.19. The standard InChI is InChI=1S/C4H6O/c1-4-2-3(4)5-4/h3H,2H2,1H3/t3-,4?/m0/s1. The van der Waals surface area contributed by atoms with Crippen molar-refractivity contribution in [3.63, 3.8) is 0 Å². The van der Waals surface area contributed by atoms with E-state index in [4.69, 9.17) is 4.74 Å². The van der Waals surface area contributed by atoms with E-state index in [1.807, 2.05) is 0 Å². The van der Waals surface area contributed by atoms with Gasteiger partial charge < -0.3 is 4.74 Å². The number of ether oxygens (including phenoxy) is 1. The summed E-state index contributed by atoms with van der Waals surface area (Å²) < 4.78 is 4.99. The van der Waals surface area contributed by atoms with Gasteiger partial charge in [-0.05, 0) is 6.92 Å². The smallest absolute Gasteiger partial charge is 0.0947 e. The Labute approximate surface area is 30.9 Å². The fraction of sp³-hybridized carbons (Fsp3) is 1.00. The van der Waals surface area contributed by atoms with E-state index in [9.17, 15) is 0 Å². The molecule has 1 heteroatoms. The Morgan fingerprint density at radius 1 is 2.00 bits per heavy atom. The lowest BCUT2D eigenvalue weighted by Gasteiger charge is -1.81. The van der Waals surface area contributed by atoms with Crippen molar-refractivity contribution in [3.05, 3.63) is 0 Å². The van der Waals surface area contributed by atoms with Crippen LogP contribution < -0.4 is 0 Å². The van der Waals surface area contributed by atoms with Crippen LogP contribution in [0.25, 0.3) is 0 Å². The molecule has 2 atom stereocenters. The van der Waals surface area contributed by atoms with Gasteiger partial charge in [-0.25, -0.2) is 0 Å². The summed E-state index contributed by atoms with van der Waals surface area (Å²) in [5.41, 5.74) is 0.417. The molecule has 2 fully saturated rings. The Morgan fingerprint density at radius 2 is 2.20 bits per heavy atom. The monoisotopic (exact) mass is 70.0 g/mol. The maximum absolute atomic E-state index is 4.99.